The van der Waals surface area contributed by atoms with E-state index in [1.807, 2.05) is 14.0 Å². The van der Waals surface area contributed by atoms with Crippen molar-refractivity contribution in [3.8, 4) is 0 Å². The second-order valence-corrected chi connectivity index (χ2v) is 4.39. The minimum atomic E-state index is 0.392. The van der Waals surface area contributed by atoms with Gasteiger partial charge in [-0.1, -0.05) is 12.8 Å². The first-order chi connectivity index (χ1) is 7.27. The molecule has 0 heterocycles. The maximum absolute atomic E-state index is 5.51. The number of ether oxygens (including phenoxy) is 2. The summed E-state index contributed by atoms with van der Waals surface area (Å²) in [6.45, 7) is 5.80. The van der Waals surface area contributed by atoms with E-state index >= 15 is 0 Å². The van der Waals surface area contributed by atoms with Crippen LogP contribution in [-0.2, 0) is 9.47 Å². The van der Waals surface area contributed by atoms with E-state index in [1.54, 1.807) is 0 Å². The van der Waals surface area contributed by atoms with Crippen LogP contribution in [0.5, 0.6) is 0 Å². The highest BCUT2D eigenvalue weighted by molar-refractivity contribution is 4.83. The zero-order valence-electron chi connectivity index (χ0n) is 10.3. The molecular weight excluding hydrogens is 190 g/mol. The van der Waals surface area contributed by atoms with Gasteiger partial charge in [-0.25, -0.2) is 0 Å². The molecule has 1 rings (SSSR count). The van der Waals surface area contributed by atoms with Gasteiger partial charge in [0.05, 0.1) is 12.7 Å². The quantitative estimate of drug-likeness (QED) is 0.734. The molecule has 0 saturated heterocycles. The molecule has 1 N–H and O–H groups in total. The van der Waals surface area contributed by atoms with Gasteiger partial charge in [-0.2, -0.15) is 0 Å². The van der Waals surface area contributed by atoms with E-state index in [0.717, 1.165) is 13.2 Å². The van der Waals surface area contributed by atoms with Crippen molar-refractivity contribution in [3.63, 3.8) is 0 Å². The number of methoxy groups -OCH3 is 1. The van der Waals surface area contributed by atoms with Crippen molar-refractivity contribution in [2.24, 2.45) is 0 Å². The van der Waals surface area contributed by atoms with Gasteiger partial charge in [0, 0.05) is 25.8 Å². The van der Waals surface area contributed by atoms with Crippen molar-refractivity contribution in [1.82, 2.24) is 5.32 Å². The standard InChI is InChI=1S/C12H25NO2/c1-4-15-9-10(2)13-11-7-5-6-8-12(11)14-3/h10-13H,4-9H2,1-3H3. The molecule has 0 radical (unpaired) electrons. The molecule has 0 aromatic carbocycles. The third kappa shape index (κ3) is 4.49. The lowest BCUT2D eigenvalue weighted by molar-refractivity contribution is 0.0313. The van der Waals surface area contributed by atoms with E-state index in [-0.39, 0.29) is 0 Å². The van der Waals surface area contributed by atoms with E-state index in [2.05, 4.69) is 12.2 Å². The molecule has 3 nitrogen and oxygen atoms in total. The van der Waals surface area contributed by atoms with Crippen LogP contribution in [0, 0.1) is 0 Å². The van der Waals surface area contributed by atoms with E-state index in [1.165, 1.54) is 25.7 Å². The van der Waals surface area contributed by atoms with Gasteiger partial charge < -0.3 is 14.8 Å². The lowest BCUT2D eigenvalue weighted by Gasteiger charge is -2.33. The molecule has 0 amide bonds. The Morgan fingerprint density at radius 1 is 1.33 bits per heavy atom. The molecule has 3 heteroatoms. The lowest BCUT2D eigenvalue weighted by atomic mass is 9.92. The zero-order chi connectivity index (χ0) is 11.1. The number of hydrogen-bond acceptors (Lipinski definition) is 3. The molecule has 1 aliphatic rings. The fourth-order valence-corrected chi connectivity index (χ4v) is 2.28. The van der Waals surface area contributed by atoms with Crippen molar-refractivity contribution < 1.29 is 9.47 Å². The number of hydrogen-bond donors (Lipinski definition) is 1. The summed E-state index contributed by atoms with van der Waals surface area (Å²) in [6.07, 6.45) is 5.43. The van der Waals surface area contributed by atoms with Crippen molar-refractivity contribution in [2.45, 2.75) is 57.7 Å². The normalized spacial score (nSPS) is 29.0. The van der Waals surface area contributed by atoms with Crippen LogP contribution in [0.25, 0.3) is 0 Å². The van der Waals surface area contributed by atoms with Crippen LogP contribution in [0.3, 0.4) is 0 Å². The topological polar surface area (TPSA) is 30.5 Å². The molecule has 0 spiro atoms. The molecule has 1 saturated carbocycles. The van der Waals surface area contributed by atoms with Gasteiger partial charge in [0.2, 0.25) is 0 Å². The minimum absolute atomic E-state index is 0.392. The third-order valence-electron chi connectivity index (χ3n) is 3.08. The summed E-state index contributed by atoms with van der Waals surface area (Å²) in [5.74, 6) is 0. The van der Waals surface area contributed by atoms with E-state index in [9.17, 15) is 0 Å². The highest BCUT2D eigenvalue weighted by Crippen LogP contribution is 2.21. The summed E-state index contributed by atoms with van der Waals surface area (Å²) in [6, 6.07) is 0.935. The third-order valence-corrected chi connectivity index (χ3v) is 3.08. The molecule has 3 atom stereocenters. The van der Waals surface area contributed by atoms with Crippen LogP contribution in [0.15, 0.2) is 0 Å². The first-order valence-electron chi connectivity index (χ1n) is 6.14. The van der Waals surface area contributed by atoms with Crippen molar-refractivity contribution in [1.29, 1.82) is 0 Å². The Morgan fingerprint density at radius 2 is 2.07 bits per heavy atom. The van der Waals surface area contributed by atoms with Crippen LogP contribution < -0.4 is 5.32 Å². The summed E-state index contributed by atoms with van der Waals surface area (Å²) in [7, 11) is 1.82. The summed E-state index contributed by atoms with van der Waals surface area (Å²) < 4.78 is 10.9. The highest BCUT2D eigenvalue weighted by Gasteiger charge is 2.25. The summed E-state index contributed by atoms with van der Waals surface area (Å²) in [4.78, 5) is 0. The molecule has 0 aromatic rings. The second kappa shape index (κ2) is 7.20. The summed E-state index contributed by atoms with van der Waals surface area (Å²) in [5, 5.41) is 3.60. The predicted molar refractivity (Wildman–Crippen MR) is 62.1 cm³/mol. The van der Waals surface area contributed by atoms with Crippen molar-refractivity contribution in [3.05, 3.63) is 0 Å². The molecule has 0 aromatic heterocycles. The SMILES string of the molecule is CCOCC(C)NC1CCCCC1OC. The van der Waals surface area contributed by atoms with Crippen LogP contribution in [0.2, 0.25) is 0 Å². The van der Waals surface area contributed by atoms with Crippen LogP contribution in [-0.4, -0.2) is 38.5 Å². The maximum atomic E-state index is 5.51. The van der Waals surface area contributed by atoms with Gasteiger partial charge >= 0.3 is 0 Å². The Kier molecular flexibility index (Phi) is 6.22. The molecule has 1 aliphatic carbocycles. The second-order valence-electron chi connectivity index (χ2n) is 4.39. The number of nitrogens with one attached hydrogen (secondary N) is 1. The number of rotatable bonds is 6. The highest BCUT2D eigenvalue weighted by atomic mass is 16.5. The van der Waals surface area contributed by atoms with Crippen LogP contribution >= 0.6 is 0 Å². The van der Waals surface area contributed by atoms with Gasteiger partial charge in [0.1, 0.15) is 0 Å². The molecule has 0 aliphatic heterocycles. The molecule has 0 bridgehead atoms. The fraction of sp³-hybridized carbons (Fsp3) is 1.00. The Labute approximate surface area is 93.5 Å². The van der Waals surface area contributed by atoms with Gasteiger partial charge in [0.15, 0.2) is 0 Å². The maximum Gasteiger partial charge on any atom is 0.0724 e. The van der Waals surface area contributed by atoms with Crippen molar-refractivity contribution >= 4 is 0 Å². The summed E-state index contributed by atoms with van der Waals surface area (Å²) >= 11 is 0. The molecule has 3 unspecified atom stereocenters. The Bertz CT molecular complexity index is 164. The fourth-order valence-electron chi connectivity index (χ4n) is 2.28. The van der Waals surface area contributed by atoms with Gasteiger partial charge in [0.25, 0.3) is 0 Å². The Hall–Kier alpha value is -0.120. The van der Waals surface area contributed by atoms with Crippen LogP contribution in [0.1, 0.15) is 39.5 Å². The van der Waals surface area contributed by atoms with Gasteiger partial charge in [-0.05, 0) is 26.7 Å². The smallest absolute Gasteiger partial charge is 0.0724 e. The zero-order valence-corrected chi connectivity index (χ0v) is 10.3. The van der Waals surface area contributed by atoms with Crippen molar-refractivity contribution in [2.75, 3.05) is 20.3 Å². The van der Waals surface area contributed by atoms with E-state index < -0.39 is 0 Å². The summed E-state index contributed by atoms with van der Waals surface area (Å²) in [5.41, 5.74) is 0. The molecule has 1 fully saturated rings. The van der Waals surface area contributed by atoms with Gasteiger partial charge in [-0.15, -0.1) is 0 Å². The first kappa shape index (κ1) is 12.9. The molecule has 90 valence electrons. The minimum Gasteiger partial charge on any atom is -0.380 e. The average Bonchev–Trinajstić information content (AvgIpc) is 2.27. The largest absolute Gasteiger partial charge is 0.380 e. The first-order valence-corrected chi connectivity index (χ1v) is 6.14. The van der Waals surface area contributed by atoms with Crippen LogP contribution in [0.4, 0.5) is 0 Å². The van der Waals surface area contributed by atoms with Gasteiger partial charge in [-0.3, -0.25) is 0 Å². The molecule has 15 heavy (non-hydrogen) atoms. The van der Waals surface area contributed by atoms with E-state index in [4.69, 9.17) is 9.47 Å². The Balaban J connectivity index is 2.27. The van der Waals surface area contributed by atoms with E-state index in [0.29, 0.717) is 18.2 Å². The molecular formula is C12H25NO2. The lowest BCUT2D eigenvalue weighted by Crippen LogP contribution is -2.48. The Morgan fingerprint density at radius 3 is 2.73 bits per heavy atom. The average molecular weight is 215 g/mol. The predicted octanol–water partition coefficient (Wildman–Crippen LogP) is 1.96. The monoisotopic (exact) mass is 215 g/mol.